The number of rotatable bonds is 8. The van der Waals surface area contributed by atoms with E-state index in [4.69, 9.17) is 10.2 Å². The molecule has 1 atom stereocenters. The van der Waals surface area contributed by atoms with Gasteiger partial charge in [-0.15, -0.1) is 0 Å². The molecule has 15 heavy (non-hydrogen) atoms. The first-order valence-electron chi connectivity index (χ1n) is 5.23. The third-order valence-corrected chi connectivity index (χ3v) is 2.31. The van der Waals surface area contributed by atoms with Crippen LogP contribution in [0.15, 0.2) is 0 Å². The lowest BCUT2D eigenvalue weighted by Gasteiger charge is -2.24. The zero-order valence-corrected chi connectivity index (χ0v) is 9.02. The Balaban J connectivity index is 3.97. The zero-order chi connectivity index (χ0) is 11.9. The number of carbonyl (C=O) groups is 1. The smallest absolute Gasteiger partial charge is 0.253 e. The maximum atomic E-state index is 11.3. The molecule has 0 amide bonds. The van der Waals surface area contributed by atoms with Crippen LogP contribution in [0.3, 0.4) is 0 Å². The van der Waals surface area contributed by atoms with Gasteiger partial charge in [0.2, 0.25) is 0 Å². The maximum absolute atomic E-state index is 11.3. The summed E-state index contributed by atoms with van der Waals surface area (Å²) in [4.78, 5) is 11.3. The second-order valence-electron chi connectivity index (χ2n) is 3.66. The molecule has 0 radical (unpaired) electrons. The number of Topliss-reactive ketones (excluding diaryl/α,β-unsaturated/α-hetero) is 1. The average Bonchev–Trinajstić information content (AvgIpc) is 2.22. The Hall–Kier alpha value is -0.490. The summed E-state index contributed by atoms with van der Waals surface area (Å²) < 4.78 is 0. The van der Waals surface area contributed by atoms with Gasteiger partial charge in [0.1, 0.15) is 6.10 Å². The topological polar surface area (TPSA) is 98.0 Å². The molecule has 0 heterocycles. The van der Waals surface area contributed by atoms with Crippen LogP contribution in [0.25, 0.3) is 0 Å². The summed E-state index contributed by atoms with van der Waals surface area (Å²) in [7, 11) is 0. The molecule has 0 fully saturated rings. The Morgan fingerprint density at radius 1 is 1.27 bits per heavy atom. The Labute approximate surface area is 89.4 Å². The summed E-state index contributed by atoms with van der Waals surface area (Å²) in [6.45, 7) is 1.17. The third kappa shape index (κ3) is 4.70. The van der Waals surface area contributed by atoms with Gasteiger partial charge in [-0.25, -0.2) is 0 Å². The van der Waals surface area contributed by atoms with Crippen molar-refractivity contribution in [1.29, 1.82) is 0 Å². The summed E-state index contributed by atoms with van der Waals surface area (Å²) in [5.41, 5.74) is 0. The van der Waals surface area contributed by atoms with E-state index < -0.39 is 24.3 Å². The highest BCUT2D eigenvalue weighted by molar-refractivity contribution is 5.85. The molecule has 0 saturated heterocycles. The van der Waals surface area contributed by atoms with Crippen molar-refractivity contribution in [3.8, 4) is 0 Å². The van der Waals surface area contributed by atoms with Crippen molar-refractivity contribution in [3.63, 3.8) is 0 Å². The van der Waals surface area contributed by atoms with E-state index in [1.807, 2.05) is 6.92 Å². The molecule has 0 aliphatic rings. The monoisotopic (exact) mass is 220 g/mol. The maximum Gasteiger partial charge on any atom is 0.253 e. The van der Waals surface area contributed by atoms with E-state index in [2.05, 4.69) is 0 Å². The minimum Gasteiger partial charge on any atom is -0.393 e. The Morgan fingerprint density at radius 3 is 2.33 bits per heavy atom. The van der Waals surface area contributed by atoms with E-state index in [1.54, 1.807) is 0 Å². The van der Waals surface area contributed by atoms with Crippen LogP contribution in [0.1, 0.15) is 39.0 Å². The quantitative estimate of drug-likeness (QED) is 0.328. The number of unbranched alkanes of at least 4 members (excludes halogenated alkanes) is 3. The van der Waals surface area contributed by atoms with Crippen LogP contribution in [-0.4, -0.2) is 44.7 Å². The van der Waals surface area contributed by atoms with Crippen molar-refractivity contribution in [2.24, 2.45) is 0 Å². The molecular formula is C10H20O5. The Morgan fingerprint density at radius 2 is 1.87 bits per heavy atom. The Bertz CT molecular complexity index is 190. The summed E-state index contributed by atoms with van der Waals surface area (Å²) in [6.07, 6.45) is 1.58. The van der Waals surface area contributed by atoms with Gasteiger partial charge < -0.3 is 20.4 Å². The van der Waals surface area contributed by atoms with E-state index in [-0.39, 0.29) is 6.42 Å². The van der Waals surface area contributed by atoms with Crippen molar-refractivity contribution < 1.29 is 25.2 Å². The molecule has 0 bridgehead atoms. The predicted octanol–water partition coefficient (Wildman–Crippen LogP) is -0.440. The van der Waals surface area contributed by atoms with Gasteiger partial charge in [-0.2, -0.15) is 0 Å². The van der Waals surface area contributed by atoms with Crippen LogP contribution < -0.4 is 0 Å². The van der Waals surface area contributed by atoms with Crippen LogP contribution in [0.2, 0.25) is 0 Å². The predicted molar refractivity (Wildman–Crippen MR) is 54.0 cm³/mol. The summed E-state index contributed by atoms with van der Waals surface area (Å²) >= 11 is 0. The molecule has 0 aromatic heterocycles. The Kier molecular flexibility index (Phi) is 6.67. The van der Waals surface area contributed by atoms with E-state index in [0.717, 1.165) is 19.3 Å². The van der Waals surface area contributed by atoms with Gasteiger partial charge in [0, 0.05) is 6.42 Å². The van der Waals surface area contributed by atoms with Gasteiger partial charge >= 0.3 is 0 Å². The molecule has 0 unspecified atom stereocenters. The molecule has 5 heteroatoms. The number of hydrogen-bond acceptors (Lipinski definition) is 5. The highest BCUT2D eigenvalue weighted by atomic mass is 16.5. The lowest BCUT2D eigenvalue weighted by molar-refractivity contribution is -0.225. The standard InChI is InChI=1S/C10H20O5/c1-2-3-4-5-6-8(12)10(14,15)9(13)7-11/h9,11,13-15H,2-7H2,1H3/t9-/m0/s1. The zero-order valence-electron chi connectivity index (χ0n) is 9.02. The van der Waals surface area contributed by atoms with Gasteiger partial charge in [0.15, 0.2) is 5.78 Å². The minimum absolute atomic E-state index is 0.00403. The normalized spacial score (nSPS) is 13.9. The SMILES string of the molecule is CCCCCCC(=O)C(O)(O)[C@@H](O)CO. The molecule has 5 nitrogen and oxygen atoms in total. The molecule has 90 valence electrons. The van der Waals surface area contributed by atoms with Crippen molar-refractivity contribution >= 4 is 5.78 Å². The molecular weight excluding hydrogens is 200 g/mol. The molecule has 0 aliphatic carbocycles. The van der Waals surface area contributed by atoms with Gasteiger partial charge in [0.25, 0.3) is 5.79 Å². The lowest BCUT2D eigenvalue weighted by Crippen LogP contribution is -2.51. The molecule has 0 spiro atoms. The number of aliphatic hydroxyl groups excluding tert-OH is 2. The van der Waals surface area contributed by atoms with Crippen LogP contribution in [0.5, 0.6) is 0 Å². The highest BCUT2D eigenvalue weighted by Crippen LogP contribution is 2.13. The average molecular weight is 220 g/mol. The third-order valence-electron chi connectivity index (χ3n) is 2.31. The molecule has 0 aliphatic heterocycles. The first-order valence-corrected chi connectivity index (χ1v) is 5.23. The number of carbonyl (C=O) groups excluding carboxylic acids is 1. The van der Waals surface area contributed by atoms with Crippen LogP contribution >= 0.6 is 0 Å². The van der Waals surface area contributed by atoms with E-state index >= 15 is 0 Å². The van der Waals surface area contributed by atoms with Crippen LogP contribution in [0, 0.1) is 0 Å². The van der Waals surface area contributed by atoms with Crippen molar-refractivity contribution in [1.82, 2.24) is 0 Å². The van der Waals surface area contributed by atoms with E-state index in [1.165, 1.54) is 0 Å². The summed E-state index contributed by atoms with van der Waals surface area (Å²) in [5.74, 6) is -3.67. The molecule has 0 saturated carbocycles. The highest BCUT2D eigenvalue weighted by Gasteiger charge is 2.39. The molecule has 0 rings (SSSR count). The second-order valence-corrected chi connectivity index (χ2v) is 3.66. The van der Waals surface area contributed by atoms with Crippen LogP contribution in [-0.2, 0) is 4.79 Å². The fourth-order valence-corrected chi connectivity index (χ4v) is 1.21. The van der Waals surface area contributed by atoms with E-state index in [0.29, 0.717) is 6.42 Å². The van der Waals surface area contributed by atoms with Gasteiger partial charge in [-0.05, 0) is 6.42 Å². The van der Waals surface area contributed by atoms with Gasteiger partial charge in [-0.1, -0.05) is 26.2 Å². The largest absolute Gasteiger partial charge is 0.393 e. The van der Waals surface area contributed by atoms with E-state index in [9.17, 15) is 15.0 Å². The number of hydrogen-bond donors (Lipinski definition) is 4. The van der Waals surface area contributed by atoms with Gasteiger partial charge in [0.05, 0.1) is 6.61 Å². The second kappa shape index (κ2) is 6.90. The first-order chi connectivity index (χ1) is 6.96. The molecule has 4 N–H and O–H groups in total. The lowest BCUT2D eigenvalue weighted by atomic mass is 10.00. The molecule has 0 aromatic carbocycles. The number of ketones is 1. The van der Waals surface area contributed by atoms with Gasteiger partial charge in [-0.3, -0.25) is 4.79 Å². The van der Waals surface area contributed by atoms with Crippen LogP contribution in [0.4, 0.5) is 0 Å². The van der Waals surface area contributed by atoms with Crippen molar-refractivity contribution in [2.75, 3.05) is 6.61 Å². The fourth-order valence-electron chi connectivity index (χ4n) is 1.21. The van der Waals surface area contributed by atoms with Crippen molar-refractivity contribution in [2.45, 2.75) is 50.9 Å². The summed E-state index contributed by atoms with van der Waals surface area (Å²) in [6, 6.07) is 0. The molecule has 0 aromatic rings. The van der Waals surface area contributed by atoms with Crippen molar-refractivity contribution in [3.05, 3.63) is 0 Å². The summed E-state index contributed by atoms with van der Waals surface area (Å²) in [5, 5.41) is 35.9. The number of aliphatic hydroxyl groups is 4. The first kappa shape index (κ1) is 14.5. The minimum atomic E-state index is -2.82. The fraction of sp³-hybridized carbons (Fsp3) is 0.900.